The molecule has 0 saturated carbocycles. The van der Waals surface area contributed by atoms with Crippen molar-refractivity contribution in [3.05, 3.63) is 0 Å². The van der Waals surface area contributed by atoms with Crippen LogP contribution in [-0.2, 0) is 13.6 Å². The molecule has 11 unspecified atom stereocenters. The van der Waals surface area contributed by atoms with E-state index in [1.165, 1.54) is 63.2 Å². The first-order valence-corrected chi connectivity index (χ1v) is 53.3. The molecule has 0 aliphatic carbocycles. The summed E-state index contributed by atoms with van der Waals surface area (Å²) in [5.41, 5.74) is 0. The SMILES string of the molecule is CCOP(OCC)OCC.PP(P)P(P)P(P(P)P)P(P(P)P)P(P)P.[K][K]. The van der Waals surface area contributed by atoms with Crippen molar-refractivity contribution < 1.29 is 13.6 Å². The van der Waals surface area contributed by atoms with Gasteiger partial charge in [-0.15, -0.1) is 80.4 Å². The molecular formula is C6H33K2O3P17. The summed E-state index contributed by atoms with van der Waals surface area (Å²) in [6, 6.07) is 0. The molecule has 22 heteroatoms. The van der Waals surface area contributed by atoms with E-state index in [1.807, 2.05) is 20.8 Å². The molecule has 28 heavy (non-hydrogen) atoms. The molecule has 0 heterocycles. The van der Waals surface area contributed by atoms with Crippen molar-refractivity contribution >= 4 is 201 Å². The van der Waals surface area contributed by atoms with Crippen LogP contribution in [0.25, 0.3) is 0 Å². The van der Waals surface area contributed by atoms with E-state index in [9.17, 15) is 0 Å². The quantitative estimate of drug-likeness (QED) is 0.147. The third-order valence-corrected chi connectivity index (χ3v) is 99.3. The van der Waals surface area contributed by atoms with Crippen molar-refractivity contribution in [1.82, 2.24) is 0 Å². The summed E-state index contributed by atoms with van der Waals surface area (Å²) in [6.07, 6.45) is 0. The summed E-state index contributed by atoms with van der Waals surface area (Å²) < 4.78 is 15.4. The van der Waals surface area contributed by atoms with Gasteiger partial charge in [-0.05, 0) is 69.7 Å². The van der Waals surface area contributed by atoms with Gasteiger partial charge in [-0.2, -0.15) is 0 Å². The number of rotatable bonds is 12. The Bertz CT molecular complexity index is 307. The minimum atomic E-state index is -1.06. The maximum atomic E-state index is 5.14. The minimum absolute atomic E-state index is 0.0635. The van der Waals surface area contributed by atoms with E-state index >= 15 is 0 Å². The van der Waals surface area contributed by atoms with Gasteiger partial charge in [-0.3, -0.25) is 0 Å². The molecule has 0 aliphatic rings. The van der Waals surface area contributed by atoms with Gasteiger partial charge >= 0.3 is 71.8 Å². The molecule has 0 aliphatic heterocycles. The van der Waals surface area contributed by atoms with Gasteiger partial charge in [0.05, 0.1) is 19.8 Å². The Balaban J connectivity index is -0.000000447. The molecule has 0 bridgehead atoms. The second-order valence-electron chi connectivity index (χ2n) is 3.85. The van der Waals surface area contributed by atoms with Crippen LogP contribution in [0, 0.1) is 0 Å². The van der Waals surface area contributed by atoms with E-state index in [-0.39, 0.29) is 48.9 Å². The fourth-order valence-electron chi connectivity index (χ4n) is 1.10. The van der Waals surface area contributed by atoms with Crippen LogP contribution in [0.3, 0.4) is 0 Å². The molecule has 0 aromatic heterocycles. The van der Waals surface area contributed by atoms with Gasteiger partial charge < -0.3 is 13.6 Å². The summed E-state index contributed by atoms with van der Waals surface area (Å²) in [5.74, 6) is 0. The van der Waals surface area contributed by atoms with Crippen molar-refractivity contribution in [3.8, 4) is 0 Å². The summed E-state index contributed by atoms with van der Waals surface area (Å²) in [5, 5.41) is 0. The van der Waals surface area contributed by atoms with Crippen LogP contribution < -0.4 is 0 Å². The van der Waals surface area contributed by atoms with E-state index in [1.54, 1.807) is 0 Å². The van der Waals surface area contributed by atoms with Crippen molar-refractivity contribution in [1.29, 1.82) is 0 Å². The van der Waals surface area contributed by atoms with Gasteiger partial charge in [0.1, 0.15) is 0 Å². The fourth-order valence-corrected chi connectivity index (χ4v) is 166. The summed E-state index contributed by atoms with van der Waals surface area (Å²) in [7, 11) is 26.7. The first-order valence-electron chi connectivity index (χ1n) is 8.06. The Morgan fingerprint density at radius 3 is 1.00 bits per heavy atom. The first-order chi connectivity index (χ1) is 13.0. The zero-order valence-corrected chi connectivity index (χ0v) is 40.9. The molecular weight excluding hydrogens is 725 g/mol. The second-order valence-corrected chi connectivity index (χ2v) is 66.9. The third-order valence-electron chi connectivity index (χ3n) is 1.90. The Labute approximate surface area is 249 Å². The molecule has 0 aromatic rings. The molecule has 11 atom stereocenters. The van der Waals surface area contributed by atoms with Crippen molar-refractivity contribution in [3.63, 3.8) is 0 Å². The fraction of sp³-hybridized carbons (Fsp3) is 1.00. The van der Waals surface area contributed by atoms with Crippen LogP contribution >= 0.6 is 138 Å². The topological polar surface area (TPSA) is 27.7 Å². The molecule has 162 valence electrons. The van der Waals surface area contributed by atoms with Crippen LogP contribution in [0.2, 0.25) is 0 Å². The molecule has 0 spiro atoms. The molecule has 0 saturated heterocycles. The molecule has 0 amide bonds. The van der Waals surface area contributed by atoms with Gasteiger partial charge in [0.2, 0.25) is 0 Å². The van der Waals surface area contributed by atoms with Gasteiger partial charge in [0.15, 0.2) is 0 Å². The molecule has 3 nitrogen and oxygen atoms in total. The second kappa shape index (κ2) is 30.4. The van der Waals surface area contributed by atoms with Crippen molar-refractivity contribution in [2.45, 2.75) is 20.8 Å². The summed E-state index contributed by atoms with van der Waals surface area (Å²) in [4.78, 5) is 0. The number of hydrogen-bond acceptors (Lipinski definition) is 3. The molecule has 0 radical (unpaired) electrons. The van der Waals surface area contributed by atoms with Crippen LogP contribution in [0.1, 0.15) is 20.8 Å². The predicted octanol–water partition coefficient (Wildman–Crippen LogP) is 10.5. The number of hydrogen-bond donors (Lipinski definition) is 0. The van der Waals surface area contributed by atoms with E-state index in [2.05, 4.69) is 80.4 Å². The Hall–Kier alpha value is 10.5. The van der Waals surface area contributed by atoms with Gasteiger partial charge in [-0.1, -0.05) is 0 Å². The predicted molar refractivity (Wildman–Crippen MR) is 189 cm³/mol. The molecule has 0 aromatic carbocycles. The van der Waals surface area contributed by atoms with E-state index < -0.39 is 8.60 Å². The first kappa shape index (κ1) is 42.9. The van der Waals surface area contributed by atoms with E-state index in [0.29, 0.717) is 19.8 Å². The standard InChI is InChI=1S/C6H15O3P.2K.H18P16/c1-4-7-10(8-5-2)9-6-3;;;1-10(2)14(9)16(13(7)8)15(11(3)4)12(5)6/h4-6H2,1-3H3;;;1-9H2. The average molecular weight is 758 g/mol. The normalized spacial score (nSPS) is 13.8. The Morgan fingerprint density at radius 1 is 0.536 bits per heavy atom. The summed E-state index contributed by atoms with van der Waals surface area (Å²) >= 11 is 2.50. The van der Waals surface area contributed by atoms with Crippen molar-refractivity contribution in [2.75, 3.05) is 19.8 Å². The maximum absolute atomic E-state index is 5.14. The van der Waals surface area contributed by atoms with Crippen LogP contribution in [0.5, 0.6) is 0 Å². The van der Waals surface area contributed by atoms with Crippen LogP contribution in [0.4, 0.5) is 0 Å². The molecule has 0 rings (SSSR count). The van der Waals surface area contributed by atoms with Crippen molar-refractivity contribution in [2.24, 2.45) is 0 Å². The zero-order valence-electron chi connectivity index (χ0n) is 17.1. The van der Waals surface area contributed by atoms with Gasteiger partial charge in [0, 0.05) is 0 Å². The van der Waals surface area contributed by atoms with Crippen LogP contribution in [0.15, 0.2) is 0 Å². The zero-order chi connectivity index (χ0) is 22.9. The van der Waals surface area contributed by atoms with Gasteiger partial charge in [0.25, 0.3) is 0 Å². The van der Waals surface area contributed by atoms with E-state index in [0.717, 1.165) is 0 Å². The average Bonchev–Trinajstić information content (AvgIpc) is 2.61. The molecule has 0 fully saturated rings. The van der Waals surface area contributed by atoms with Gasteiger partial charge in [-0.25, -0.2) is 0 Å². The Kier molecular flexibility index (Phi) is 46.6. The van der Waals surface area contributed by atoms with E-state index in [4.69, 9.17) is 13.6 Å². The summed E-state index contributed by atoms with van der Waals surface area (Å²) in [6.45, 7) is 8.45. The third kappa shape index (κ3) is 24.3. The van der Waals surface area contributed by atoms with Crippen LogP contribution in [-0.4, -0.2) is 83.0 Å². The molecule has 0 N–H and O–H groups in total. The monoisotopic (exact) mass is 758 g/mol. The Morgan fingerprint density at radius 2 is 0.821 bits per heavy atom.